The van der Waals surface area contributed by atoms with E-state index in [0.29, 0.717) is 25.3 Å². The van der Waals surface area contributed by atoms with Crippen molar-refractivity contribution in [3.05, 3.63) is 48.5 Å². The number of para-hydroxylation sites is 2. The van der Waals surface area contributed by atoms with Gasteiger partial charge in [0.1, 0.15) is 5.75 Å². The van der Waals surface area contributed by atoms with Gasteiger partial charge in [-0.15, -0.1) is 0 Å². The second-order valence-electron chi connectivity index (χ2n) is 8.12. The summed E-state index contributed by atoms with van der Waals surface area (Å²) in [6, 6.07) is 15.0. The Bertz CT molecular complexity index is 999. The molecule has 0 saturated carbocycles. The van der Waals surface area contributed by atoms with Crippen LogP contribution in [0, 0.1) is 5.92 Å². The van der Waals surface area contributed by atoms with Crippen LogP contribution in [-0.2, 0) is 14.4 Å². The van der Waals surface area contributed by atoms with Crippen molar-refractivity contribution in [2.24, 2.45) is 5.92 Å². The van der Waals surface area contributed by atoms with Crippen molar-refractivity contribution in [1.82, 2.24) is 4.90 Å². The Balaban J connectivity index is 1.35. The van der Waals surface area contributed by atoms with Crippen molar-refractivity contribution in [3.63, 3.8) is 0 Å². The number of amides is 3. The molecule has 8 nitrogen and oxygen atoms in total. The smallest absolute Gasteiger partial charge is 0.228 e. The van der Waals surface area contributed by atoms with E-state index in [4.69, 9.17) is 4.74 Å². The molecule has 32 heavy (non-hydrogen) atoms. The van der Waals surface area contributed by atoms with E-state index in [1.165, 1.54) is 6.92 Å². The van der Waals surface area contributed by atoms with E-state index in [2.05, 4.69) is 10.2 Å². The molecule has 2 heterocycles. The van der Waals surface area contributed by atoms with E-state index < -0.39 is 0 Å². The topological polar surface area (TPSA) is 82.2 Å². The summed E-state index contributed by atoms with van der Waals surface area (Å²) in [6.45, 7) is 4.51. The molecule has 0 radical (unpaired) electrons. The van der Waals surface area contributed by atoms with Gasteiger partial charge in [-0.05, 0) is 36.4 Å². The minimum Gasteiger partial charge on any atom is -0.495 e. The number of anilines is 3. The van der Waals surface area contributed by atoms with Crippen molar-refractivity contribution in [2.45, 2.75) is 13.3 Å². The van der Waals surface area contributed by atoms with E-state index in [9.17, 15) is 14.4 Å². The van der Waals surface area contributed by atoms with Crippen LogP contribution in [-0.4, -0.2) is 62.5 Å². The van der Waals surface area contributed by atoms with Crippen LogP contribution in [0.15, 0.2) is 48.5 Å². The summed E-state index contributed by atoms with van der Waals surface area (Å²) in [7, 11) is 1.66. The van der Waals surface area contributed by atoms with Crippen LogP contribution in [0.4, 0.5) is 17.1 Å². The monoisotopic (exact) mass is 436 g/mol. The van der Waals surface area contributed by atoms with Gasteiger partial charge in [0.15, 0.2) is 0 Å². The first-order chi connectivity index (χ1) is 15.5. The van der Waals surface area contributed by atoms with Crippen molar-refractivity contribution < 1.29 is 19.1 Å². The Labute approximate surface area is 187 Å². The molecule has 1 N–H and O–H groups in total. The number of carbonyl (C=O) groups is 3. The van der Waals surface area contributed by atoms with Gasteiger partial charge in [-0.25, -0.2) is 0 Å². The fourth-order valence-corrected chi connectivity index (χ4v) is 4.37. The van der Waals surface area contributed by atoms with Gasteiger partial charge >= 0.3 is 0 Å². The maximum Gasteiger partial charge on any atom is 0.228 e. The molecule has 2 aromatic carbocycles. The Morgan fingerprint density at radius 3 is 2.34 bits per heavy atom. The lowest BCUT2D eigenvalue weighted by Crippen LogP contribution is -2.50. The van der Waals surface area contributed by atoms with E-state index in [-0.39, 0.29) is 30.1 Å². The van der Waals surface area contributed by atoms with Crippen LogP contribution >= 0.6 is 0 Å². The van der Waals surface area contributed by atoms with Crippen molar-refractivity contribution in [3.8, 4) is 5.75 Å². The minimum atomic E-state index is -0.338. The van der Waals surface area contributed by atoms with Crippen LogP contribution in [0.3, 0.4) is 0 Å². The third-order valence-electron chi connectivity index (χ3n) is 5.99. The number of methoxy groups -OCH3 is 1. The summed E-state index contributed by atoms with van der Waals surface area (Å²) in [5, 5.41) is 2.71. The Kier molecular flexibility index (Phi) is 6.30. The number of benzene rings is 2. The van der Waals surface area contributed by atoms with Gasteiger partial charge < -0.3 is 24.8 Å². The van der Waals surface area contributed by atoms with Crippen LogP contribution < -0.4 is 19.9 Å². The van der Waals surface area contributed by atoms with Gasteiger partial charge in [0.25, 0.3) is 0 Å². The number of hydrogen-bond acceptors (Lipinski definition) is 5. The maximum atomic E-state index is 13.1. The van der Waals surface area contributed by atoms with Gasteiger partial charge in [-0.3, -0.25) is 14.4 Å². The van der Waals surface area contributed by atoms with Crippen LogP contribution in [0.2, 0.25) is 0 Å². The number of hydrogen-bond donors (Lipinski definition) is 1. The molecule has 1 unspecified atom stereocenters. The first kappa shape index (κ1) is 21.7. The molecule has 0 spiro atoms. The molecular weight excluding hydrogens is 408 g/mol. The Morgan fingerprint density at radius 2 is 1.69 bits per heavy atom. The predicted octanol–water partition coefficient (Wildman–Crippen LogP) is 2.36. The molecule has 4 rings (SSSR count). The van der Waals surface area contributed by atoms with Gasteiger partial charge in [0.2, 0.25) is 17.7 Å². The summed E-state index contributed by atoms with van der Waals surface area (Å²) in [5.74, 6) is 0.328. The molecule has 2 saturated heterocycles. The van der Waals surface area contributed by atoms with Crippen LogP contribution in [0.1, 0.15) is 13.3 Å². The van der Waals surface area contributed by atoms with E-state index >= 15 is 0 Å². The lowest BCUT2D eigenvalue weighted by molar-refractivity contribution is -0.136. The molecule has 3 amide bonds. The largest absolute Gasteiger partial charge is 0.495 e. The first-order valence-corrected chi connectivity index (χ1v) is 10.8. The predicted molar refractivity (Wildman–Crippen MR) is 123 cm³/mol. The summed E-state index contributed by atoms with van der Waals surface area (Å²) < 4.78 is 5.46. The molecule has 2 aromatic rings. The normalized spacial score (nSPS) is 18.6. The third-order valence-corrected chi connectivity index (χ3v) is 5.99. The number of carbonyl (C=O) groups excluding carboxylic acids is 3. The average Bonchev–Trinajstić information content (AvgIpc) is 3.20. The molecule has 8 heteroatoms. The quantitative estimate of drug-likeness (QED) is 0.778. The number of piperazine rings is 1. The van der Waals surface area contributed by atoms with Gasteiger partial charge in [-0.2, -0.15) is 0 Å². The molecule has 0 aromatic heterocycles. The molecule has 1 atom stereocenters. The zero-order chi connectivity index (χ0) is 22.7. The fraction of sp³-hybridized carbons (Fsp3) is 0.375. The minimum absolute atomic E-state index is 0.0374. The third kappa shape index (κ3) is 4.54. The van der Waals surface area contributed by atoms with Gasteiger partial charge in [0, 0.05) is 57.4 Å². The highest BCUT2D eigenvalue weighted by molar-refractivity contribution is 6.00. The number of ether oxygens (including phenoxy) is 1. The standard InChI is InChI=1S/C24H28N4O4/c1-17(29)25-19-7-9-20(10-8-19)28-16-18(15-23(28)30)24(31)27-13-11-26(12-14-27)21-5-3-4-6-22(21)32-2/h3-10,18H,11-16H2,1-2H3,(H,25,29). The SMILES string of the molecule is COc1ccccc1N1CCN(C(=O)C2CC(=O)N(c3ccc(NC(C)=O)cc3)C2)CC1. The second kappa shape index (κ2) is 9.30. The average molecular weight is 437 g/mol. The van der Waals surface area contributed by atoms with Gasteiger partial charge in [-0.1, -0.05) is 12.1 Å². The van der Waals surface area contributed by atoms with E-state index in [0.717, 1.165) is 30.2 Å². The second-order valence-corrected chi connectivity index (χ2v) is 8.12. The fourth-order valence-electron chi connectivity index (χ4n) is 4.37. The molecule has 168 valence electrons. The molecule has 0 aliphatic carbocycles. The molecule has 2 aliphatic rings. The van der Waals surface area contributed by atoms with Crippen LogP contribution in [0.25, 0.3) is 0 Å². The first-order valence-electron chi connectivity index (χ1n) is 10.8. The van der Waals surface area contributed by atoms with Crippen molar-refractivity contribution in [1.29, 1.82) is 0 Å². The maximum absolute atomic E-state index is 13.1. The summed E-state index contributed by atoms with van der Waals surface area (Å²) >= 11 is 0. The number of nitrogens with zero attached hydrogens (tertiary/aromatic N) is 3. The Hall–Kier alpha value is -3.55. The highest BCUT2D eigenvalue weighted by Gasteiger charge is 2.38. The molecule has 2 aliphatic heterocycles. The lowest BCUT2D eigenvalue weighted by atomic mass is 10.1. The lowest BCUT2D eigenvalue weighted by Gasteiger charge is -2.37. The summed E-state index contributed by atoms with van der Waals surface area (Å²) in [5.41, 5.74) is 2.45. The number of nitrogens with one attached hydrogen (secondary N) is 1. The van der Waals surface area contributed by atoms with Crippen molar-refractivity contribution in [2.75, 3.05) is 55.0 Å². The highest BCUT2D eigenvalue weighted by Crippen LogP contribution is 2.30. The highest BCUT2D eigenvalue weighted by atomic mass is 16.5. The van der Waals surface area contributed by atoms with Crippen molar-refractivity contribution >= 4 is 34.8 Å². The Morgan fingerprint density at radius 1 is 1.00 bits per heavy atom. The van der Waals surface area contributed by atoms with Gasteiger partial charge in [0.05, 0.1) is 18.7 Å². The number of rotatable bonds is 5. The van der Waals surface area contributed by atoms with E-state index in [1.54, 1.807) is 36.3 Å². The van der Waals surface area contributed by atoms with E-state index in [1.807, 2.05) is 29.2 Å². The summed E-state index contributed by atoms with van der Waals surface area (Å²) in [4.78, 5) is 42.7. The molecular formula is C24H28N4O4. The zero-order valence-corrected chi connectivity index (χ0v) is 18.4. The summed E-state index contributed by atoms with van der Waals surface area (Å²) in [6.07, 6.45) is 0.221. The zero-order valence-electron chi connectivity index (χ0n) is 18.4. The molecule has 0 bridgehead atoms. The molecule has 2 fully saturated rings. The van der Waals surface area contributed by atoms with Crippen LogP contribution in [0.5, 0.6) is 5.75 Å².